The molecule has 0 aromatic carbocycles. The summed E-state index contributed by atoms with van der Waals surface area (Å²) in [5, 5.41) is 24.7. The highest BCUT2D eigenvalue weighted by molar-refractivity contribution is 7.47. The maximum atomic E-state index is 13.0. The maximum Gasteiger partial charge on any atom is 0.472 e. The van der Waals surface area contributed by atoms with Crippen LogP contribution in [0.4, 0.5) is 0 Å². The van der Waals surface area contributed by atoms with E-state index < -0.39 is 32.7 Å². The summed E-state index contributed by atoms with van der Waals surface area (Å²) >= 11 is 0. The summed E-state index contributed by atoms with van der Waals surface area (Å²) in [6, 6.07) is -1.06. The van der Waals surface area contributed by atoms with Gasteiger partial charge in [0.25, 0.3) is 0 Å². The number of hydrogen-bond acceptors (Lipinski definition) is 6. The van der Waals surface area contributed by atoms with E-state index in [1.54, 1.807) is 0 Å². The van der Waals surface area contributed by atoms with Gasteiger partial charge in [-0.1, -0.05) is 207 Å². The number of aliphatic hydroxyl groups excluding tert-OH is 2. The van der Waals surface area contributed by atoms with E-state index in [-0.39, 0.29) is 18.9 Å². The van der Waals surface area contributed by atoms with Crippen LogP contribution in [0.1, 0.15) is 213 Å². The Hall–Kier alpha value is -2.62. The third-order valence-corrected chi connectivity index (χ3v) is 12.9. The van der Waals surface area contributed by atoms with Gasteiger partial charge in [0.2, 0.25) is 5.91 Å². The van der Waals surface area contributed by atoms with E-state index in [4.69, 9.17) is 9.05 Å². The Morgan fingerprint density at radius 3 is 1.33 bits per heavy atom. The molecule has 10 heteroatoms. The van der Waals surface area contributed by atoms with Gasteiger partial charge in [-0.25, -0.2) is 4.57 Å². The zero-order chi connectivity index (χ0) is 50.8. The molecule has 4 atom stereocenters. The molecule has 4 unspecified atom stereocenters. The molecule has 0 heterocycles. The Labute approximate surface area is 424 Å². The molecule has 9 nitrogen and oxygen atoms in total. The summed E-state index contributed by atoms with van der Waals surface area (Å²) < 4.78 is 23.6. The van der Waals surface area contributed by atoms with Crippen LogP contribution in [-0.2, 0) is 18.4 Å². The van der Waals surface area contributed by atoms with Crippen molar-refractivity contribution in [2.24, 2.45) is 0 Å². The summed E-state index contributed by atoms with van der Waals surface area (Å²) in [6.45, 7) is 4.45. The highest BCUT2D eigenvalue weighted by Crippen LogP contribution is 2.43. The van der Waals surface area contributed by atoms with E-state index in [1.165, 1.54) is 89.9 Å². The van der Waals surface area contributed by atoms with E-state index in [0.29, 0.717) is 30.3 Å². The number of phosphoric acid groups is 1. The van der Waals surface area contributed by atoms with Crippen molar-refractivity contribution in [3.05, 3.63) is 97.2 Å². The van der Waals surface area contributed by atoms with Crippen LogP contribution in [0.2, 0.25) is 0 Å². The number of phosphoric ester groups is 1. The van der Waals surface area contributed by atoms with Crippen LogP contribution in [0.25, 0.3) is 0 Å². The molecule has 0 saturated carbocycles. The second kappa shape index (κ2) is 49.0. The van der Waals surface area contributed by atoms with Crippen molar-refractivity contribution in [1.29, 1.82) is 0 Å². The van der Waals surface area contributed by atoms with Crippen LogP contribution < -0.4 is 5.32 Å². The quantitative estimate of drug-likeness (QED) is 0.0207. The molecule has 0 aromatic rings. The van der Waals surface area contributed by atoms with E-state index >= 15 is 0 Å². The number of likely N-dealkylation sites (N-methyl/N-ethyl adjacent to an activating group) is 1. The van der Waals surface area contributed by atoms with Crippen molar-refractivity contribution in [3.8, 4) is 0 Å². The zero-order valence-electron chi connectivity index (χ0n) is 44.9. The topological polar surface area (TPSA) is 125 Å². The Bertz CT molecular complexity index is 1460. The molecule has 0 aliphatic carbocycles. The maximum absolute atomic E-state index is 13.0. The number of rotatable bonds is 49. The lowest BCUT2D eigenvalue weighted by atomic mass is 10.0. The number of carbonyl (C=O) groups is 1. The standard InChI is InChI=1S/C59H105N2O7P/c1-6-8-10-12-14-16-18-20-21-22-23-24-25-26-27-28-29-30-31-32-33-34-35-36-37-38-39-40-42-44-46-48-50-52-58(63)60-56(55-68-69(65,66)67-54-53-61(3,4)5)59(64)57(62)51-49-47-45-43-41-19-17-15-13-11-9-7-2/h8,10,14,16,20-21,23-24,26-27,29-30,32-33,43,45,56-57,59,62,64H,6-7,9,11-13,15,17-19,22,25,28,31,34-42,44,46-55H2,1-5H3,(H-,60,63,65,66)/p+1/b10-8-,16-14-,21-20-,24-23-,27-26-,30-29-,33-32-,45-43+. The smallest absolute Gasteiger partial charge is 0.390 e. The van der Waals surface area contributed by atoms with Gasteiger partial charge >= 0.3 is 7.82 Å². The molecule has 0 bridgehead atoms. The summed E-state index contributed by atoms with van der Waals surface area (Å²) in [7, 11) is 1.40. The number of carbonyl (C=O) groups excluding carboxylic acids is 1. The molecule has 0 saturated heterocycles. The van der Waals surface area contributed by atoms with E-state index in [1.807, 2.05) is 21.1 Å². The normalized spacial score (nSPS) is 15.2. The van der Waals surface area contributed by atoms with Gasteiger partial charge in [0, 0.05) is 6.42 Å². The first-order valence-corrected chi connectivity index (χ1v) is 29.2. The van der Waals surface area contributed by atoms with Crippen LogP contribution in [0.5, 0.6) is 0 Å². The molecule has 4 N–H and O–H groups in total. The van der Waals surface area contributed by atoms with Crippen LogP contribution in [0.3, 0.4) is 0 Å². The zero-order valence-corrected chi connectivity index (χ0v) is 45.8. The first-order chi connectivity index (χ1) is 33.4. The predicted octanol–water partition coefficient (Wildman–Crippen LogP) is 15.6. The minimum absolute atomic E-state index is 0.0116. The third kappa shape index (κ3) is 50.1. The lowest BCUT2D eigenvalue weighted by Crippen LogP contribution is -2.51. The monoisotopic (exact) mass is 986 g/mol. The van der Waals surface area contributed by atoms with E-state index in [2.05, 4.69) is 116 Å². The summed E-state index contributed by atoms with van der Waals surface area (Å²) in [5.41, 5.74) is 0. The Balaban J connectivity index is 4.22. The molecule has 0 rings (SSSR count). The van der Waals surface area contributed by atoms with Crippen molar-refractivity contribution in [1.82, 2.24) is 5.32 Å². The number of hydrogen-bond donors (Lipinski definition) is 4. The summed E-state index contributed by atoms with van der Waals surface area (Å²) in [6.07, 6.45) is 66.4. The highest BCUT2D eigenvalue weighted by Gasteiger charge is 2.31. The Morgan fingerprint density at radius 1 is 0.522 bits per heavy atom. The average molecular weight is 986 g/mol. The molecule has 1 amide bonds. The molecular formula is C59H106N2O7P+. The van der Waals surface area contributed by atoms with Crippen LogP contribution >= 0.6 is 7.82 Å². The van der Waals surface area contributed by atoms with Gasteiger partial charge < -0.3 is 24.9 Å². The van der Waals surface area contributed by atoms with Crippen LogP contribution in [-0.4, -0.2) is 84.6 Å². The fraction of sp³-hybridized carbons (Fsp3) is 0.712. The highest BCUT2D eigenvalue weighted by atomic mass is 31.2. The Morgan fingerprint density at radius 2 is 0.899 bits per heavy atom. The largest absolute Gasteiger partial charge is 0.472 e. The van der Waals surface area contributed by atoms with Crippen molar-refractivity contribution < 1.29 is 38.0 Å². The number of unbranched alkanes of at least 4 members (excludes halogenated alkanes) is 19. The van der Waals surface area contributed by atoms with Crippen LogP contribution in [0.15, 0.2) is 97.2 Å². The van der Waals surface area contributed by atoms with Gasteiger partial charge in [-0.05, 0) is 96.3 Å². The van der Waals surface area contributed by atoms with Gasteiger partial charge in [-0.3, -0.25) is 13.8 Å². The molecule has 0 spiro atoms. The molecule has 0 aliphatic heterocycles. The molecule has 69 heavy (non-hydrogen) atoms. The minimum Gasteiger partial charge on any atom is -0.390 e. The fourth-order valence-corrected chi connectivity index (χ4v) is 8.27. The van der Waals surface area contributed by atoms with Crippen molar-refractivity contribution >= 4 is 13.7 Å². The number of aliphatic hydroxyl groups is 2. The van der Waals surface area contributed by atoms with Crippen LogP contribution in [0, 0.1) is 0 Å². The van der Waals surface area contributed by atoms with Crippen molar-refractivity contribution in [2.75, 3.05) is 40.9 Å². The van der Waals surface area contributed by atoms with Crippen molar-refractivity contribution in [3.63, 3.8) is 0 Å². The molecule has 0 aliphatic rings. The average Bonchev–Trinajstić information content (AvgIpc) is 3.31. The second-order valence-electron chi connectivity index (χ2n) is 19.7. The number of allylic oxidation sites excluding steroid dienone is 16. The first kappa shape index (κ1) is 66.4. The number of quaternary nitrogens is 1. The molecule has 398 valence electrons. The third-order valence-electron chi connectivity index (χ3n) is 11.9. The lowest BCUT2D eigenvalue weighted by molar-refractivity contribution is -0.870. The van der Waals surface area contributed by atoms with Gasteiger partial charge in [0.05, 0.1) is 39.9 Å². The molecule has 0 radical (unpaired) electrons. The van der Waals surface area contributed by atoms with Gasteiger partial charge in [-0.2, -0.15) is 0 Å². The molecular weight excluding hydrogens is 880 g/mol. The number of amides is 1. The fourth-order valence-electron chi connectivity index (χ4n) is 7.53. The SMILES string of the molecule is CC/C=C\C/C=C\C/C=C\C/C=C\C/C=C\C/C=C\C/C=C\CCCCCCCCCCCCCC(=O)NC(COP(=O)(O)OCC[N+](C)(C)C)C(O)C(O)CCC/C=C/CCCCCCCCC. The molecule has 0 aromatic heterocycles. The minimum atomic E-state index is -4.43. The van der Waals surface area contributed by atoms with E-state index in [0.717, 1.165) is 83.5 Å². The lowest BCUT2D eigenvalue weighted by Gasteiger charge is -2.28. The Kier molecular flexibility index (Phi) is 47.1. The first-order valence-electron chi connectivity index (χ1n) is 27.7. The summed E-state index contributed by atoms with van der Waals surface area (Å²) in [4.78, 5) is 23.3. The van der Waals surface area contributed by atoms with E-state index in [9.17, 15) is 24.5 Å². The van der Waals surface area contributed by atoms with Gasteiger partial charge in [-0.15, -0.1) is 0 Å². The second-order valence-corrected chi connectivity index (χ2v) is 21.2. The number of nitrogens with one attached hydrogen (secondary N) is 1. The number of nitrogens with zero attached hydrogens (tertiary/aromatic N) is 1. The van der Waals surface area contributed by atoms with Gasteiger partial charge in [0.1, 0.15) is 19.3 Å². The summed E-state index contributed by atoms with van der Waals surface area (Å²) in [5.74, 6) is -0.276. The predicted molar refractivity (Wildman–Crippen MR) is 296 cm³/mol. The van der Waals surface area contributed by atoms with Crippen molar-refractivity contribution in [2.45, 2.75) is 231 Å². The van der Waals surface area contributed by atoms with Gasteiger partial charge in [0.15, 0.2) is 0 Å². The molecule has 0 fully saturated rings.